The first kappa shape index (κ1) is 15.8. The zero-order valence-electron chi connectivity index (χ0n) is 11.0. The van der Waals surface area contributed by atoms with E-state index in [1.807, 2.05) is 30.3 Å². The molecule has 1 aromatic heterocycles. The van der Waals surface area contributed by atoms with E-state index in [-0.39, 0.29) is 0 Å². The van der Waals surface area contributed by atoms with Gasteiger partial charge in [-0.2, -0.15) is 0 Å². The van der Waals surface area contributed by atoms with Crippen LogP contribution in [0.2, 0.25) is 0 Å². The first-order valence-corrected chi connectivity index (χ1v) is 8.43. The Morgan fingerprint density at radius 1 is 1.20 bits per heavy atom. The average Bonchev–Trinajstić information content (AvgIpc) is 2.42. The molecule has 2 nitrogen and oxygen atoms in total. The third-order valence-corrected chi connectivity index (χ3v) is 4.11. The van der Waals surface area contributed by atoms with Crippen LogP contribution in [0.3, 0.4) is 0 Å². The van der Waals surface area contributed by atoms with E-state index in [9.17, 15) is 0 Å². The largest absolute Gasteiger partial charge is 0.438 e. The minimum Gasteiger partial charge on any atom is -0.438 e. The maximum absolute atomic E-state index is 5.93. The molecular weight excluding hydrogens is 405 g/mol. The summed E-state index contributed by atoms with van der Waals surface area (Å²) < 4.78 is 7.72. The number of halogens is 3. The second-order valence-corrected chi connectivity index (χ2v) is 6.40. The van der Waals surface area contributed by atoms with Gasteiger partial charge in [0.2, 0.25) is 5.88 Å². The summed E-state index contributed by atoms with van der Waals surface area (Å²) in [4.78, 5) is 4.52. The Balaban J connectivity index is 2.29. The third kappa shape index (κ3) is 4.21. The highest BCUT2D eigenvalue weighted by atomic mass is 79.9. The smallest absolute Gasteiger partial charge is 0.219 e. The summed E-state index contributed by atoms with van der Waals surface area (Å²) in [5.74, 6) is 1.77. The lowest BCUT2D eigenvalue weighted by molar-refractivity contribution is 0.457. The van der Waals surface area contributed by atoms with Crippen LogP contribution in [0.25, 0.3) is 0 Å². The van der Waals surface area contributed by atoms with Gasteiger partial charge in [0.1, 0.15) is 5.75 Å². The Kier molecular flexibility index (Phi) is 5.87. The highest BCUT2D eigenvalue weighted by molar-refractivity contribution is 9.11. The fourth-order valence-corrected chi connectivity index (χ4v) is 3.09. The van der Waals surface area contributed by atoms with Gasteiger partial charge in [0, 0.05) is 22.1 Å². The van der Waals surface area contributed by atoms with Gasteiger partial charge < -0.3 is 4.74 Å². The van der Waals surface area contributed by atoms with Crippen molar-refractivity contribution in [1.29, 1.82) is 0 Å². The van der Waals surface area contributed by atoms with E-state index in [0.29, 0.717) is 11.8 Å². The first-order valence-electron chi connectivity index (χ1n) is 6.31. The van der Waals surface area contributed by atoms with E-state index in [2.05, 4.69) is 43.8 Å². The molecule has 0 bridgehead atoms. The summed E-state index contributed by atoms with van der Waals surface area (Å²) in [5.41, 5.74) is 2.03. The fourth-order valence-electron chi connectivity index (χ4n) is 1.80. The van der Waals surface area contributed by atoms with Gasteiger partial charge in [-0.1, -0.05) is 29.3 Å². The van der Waals surface area contributed by atoms with Crippen LogP contribution in [-0.2, 0) is 12.3 Å². The molecule has 0 fully saturated rings. The van der Waals surface area contributed by atoms with Gasteiger partial charge in [0.05, 0.1) is 4.47 Å². The topological polar surface area (TPSA) is 22.1 Å². The molecule has 106 valence electrons. The predicted molar refractivity (Wildman–Crippen MR) is 89.7 cm³/mol. The lowest BCUT2D eigenvalue weighted by atomic mass is 10.2. The SMILES string of the molecule is CCCc1cc(CCl)cc(Oc2ccc(Br)cc2Br)n1. The van der Waals surface area contributed by atoms with Crippen LogP contribution in [0.5, 0.6) is 11.6 Å². The van der Waals surface area contributed by atoms with Crippen molar-refractivity contribution in [1.82, 2.24) is 4.98 Å². The van der Waals surface area contributed by atoms with Gasteiger partial charge in [-0.05, 0) is 52.2 Å². The molecular formula is C15H14Br2ClNO. The summed E-state index contributed by atoms with van der Waals surface area (Å²) >= 11 is 12.8. The van der Waals surface area contributed by atoms with Crippen molar-refractivity contribution in [2.24, 2.45) is 0 Å². The molecule has 1 aromatic carbocycles. The second-order valence-electron chi connectivity index (χ2n) is 4.37. The second kappa shape index (κ2) is 7.43. The molecule has 0 spiro atoms. The van der Waals surface area contributed by atoms with E-state index < -0.39 is 0 Å². The van der Waals surface area contributed by atoms with E-state index in [0.717, 1.165) is 38.8 Å². The van der Waals surface area contributed by atoms with Crippen molar-refractivity contribution in [3.05, 3.63) is 50.5 Å². The van der Waals surface area contributed by atoms with Gasteiger partial charge in [-0.25, -0.2) is 4.98 Å². The number of benzene rings is 1. The summed E-state index contributed by atoms with van der Waals surface area (Å²) in [6, 6.07) is 9.66. The Hall–Kier alpha value is -0.580. The molecule has 2 aromatic rings. The highest BCUT2D eigenvalue weighted by Gasteiger charge is 2.07. The standard InChI is InChI=1S/C15H14Br2ClNO/c1-2-3-12-6-10(9-18)7-15(19-12)20-14-5-4-11(16)8-13(14)17/h4-8H,2-3,9H2,1H3. The van der Waals surface area contributed by atoms with Crippen molar-refractivity contribution < 1.29 is 4.74 Å². The van der Waals surface area contributed by atoms with Crippen LogP contribution in [0.1, 0.15) is 24.6 Å². The molecule has 0 radical (unpaired) electrons. The molecule has 0 saturated carbocycles. The fraction of sp³-hybridized carbons (Fsp3) is 0.267. The van der Waals surface area contributed by atoms with E-state index in [1.165, 1.54) is 0 Å². The van der Waals surface area contributed by atoms with E-state index in [1.54, 1.807) is 0 Å². The predicted octanol–water partition coefficient (Wildman–Crippen LogP) is 6.09. The summed E-state index contributed by atoms with van der Waals surface area (Å²) in [7, 11) is 0. The minimum absolute atomic E-state index is 0.455. The summed E-state index contributed by atoms with van der Waals surface area (Å²) in [5, 5.41) is 0. The molecule has 5 heteroatoms. The molecule has 0 aliphatic heterocycles. The number of hydrogen-bond donors (Lipinski definition) is 0. The Morgan fingerprint density at radius 3 is 2.65 bits per heavy atom. The molecule has 0 atom stereocenters. The lowest BCUT2D eigenvalue weighted by Crippen LogP contribution is -1.96. The number of pyridine rings is 1. The van der Waals surface area contributed by atoms with Crippen molar-refractivity contribution in [2.75, 3.05) is 0 Å². The van der Waals surface area contributed by atoms with Gasteiger partial charge >= 0.3 is 0 Å². The molecule has 2 rings (SSSR count). The number of nitrogens with zero attached hydrogens (tertiary/aromatic N) is 1. The van der Waals surface area contributed by atoms with Crippen molar-refractivity contribution in [3.63, 3.8) is 0 Å². The summed E-state index contributed by atoms with van der Waals surface area (Å²) in [6.45, 7) is 2.13. The van der Waals surface area contributed by atoms with Crippen LogP contribution < -0.4 is 4.74 Å². The monoisotopic (exact) mass is 417 g/mol. The number of aromatic nitrogens is 1. The average molecular weight is 420 g/mol. The van der Waals surface area contributed by atoms with E-state index in [4.69, 9.17) is 16.3 Å². The molecule has 0 amide bonds. The maximum Gasteiger partial charge on any atom is 0.219 e. The number of ether oxygens (including phenoxy) is 1. The third-order valence-electron chi connectivity index (χ3n) is 2.68. The van der Waals surface area contributed by atoms with Crippen molar-refractivity contribution in [3.8, 4) is 11.6 Å². The van der Waals surface area contributed by atoms with E-state index >= 15 is 0 Å². The van der Waals surface area contributed by atoms with Crippen molar-refractivity contribution in [2.45, 2.75) is 25.6 Å². The number of alkyl halides is 1. The Morgan fingerprint density at radius 2 is 2.00 bits per heavy atom. The van der Waals surface area contributed by atoms with Crippen LogP contribution >= 0.6 is 43.5 Å². The van der Waals surface area contributed by atoms with Crippen molar-refractivity contribution >= 4 is 43.5 Å². The first-order chi connectivity index (χ1) is 9.62. The number of rotatable bonds is 5. The number of aryl methyl sites for hydroxylation is 1. The van der Waals surface area contributed by atoms with Gasteiger partial charge in [-0.15, -0.1) is 11.6 Å². The Labute approximate surface area is 140 Å². The molecule has 0 unspecified atom stereocenters. The molecule has 0 saturated heterocycles. The quantitative estimate of drug-likeness (QED) is 0.547. The van der Waals surface area contributed by atoms with Gasteiger partial charge in [0.15, 0.2) is 0 Å². The molecule has 0 N–H and O–H groups in total. The van der Waals surface area contributed by atoms with Crippen LogP contribution in [0.4, 0.5) is 0 Å². The lowest BCUT2D eigenvalue weighted by Gasteiger charge is -2.10. The van der Waals surface area contributed by atoms with Gasteiger partial charge in [-0.3, -0.25) is 0 Å². The molecule has 0 aliphatic rings. The summed E-state index contributed by atoms with van der Waals surface area (Å²) in [6.07, 6.45) is 1.96. The zero-order chi connectivity index (χ0) is 14.5. The van der Waals surface area contributed by atoms with Crippen LogP contribution in [0.15, 0.2) is 39.3 Å². The zero-order valence-corrected chi connectivity index (χ0v) is 14.9. The number of hydrogen-bond acceptors (Lipinski definition) is 2. The van der Waals surface area contributed by atoms with Crippen LogP contribution in [0, 0.1) is 0 Å². The normalized spacial score (nSPS) is 10.6. The molecule has 20 heavy (non-hydrogen) atoms. The maximum atomic E-state index is 5.93. The highest BCUT2D eigenvalue weighted by Crippen LogP contribution is 2.32. The van der Waals surface area contributed by atoms with Crippen LogP contribution in [-0.4, -0.2) is 4.98 Å². The minimum atomic E-state index is 0.455. The molecule has 0 aliphatic carbocycles. The Bertz CT molecular complexity index is 604. The van der Waals surface area contributed by atoms with Gasteiger partial charge in [0.25, 0.3) is 0 Å². The molecule has 1 heterocycles.